The van der Waals surface area contributed by atoms with Crippen molar-refractivity contribution in [1.29, 1.82) is 0 Å². The minimum absolute atomic E-state index is 0.0400. The van der Waals surface area contributed by atoms with Crippen LogP contribution >= 0.6 is 11.8 Å². The molecule has 1 N–H and O–H groups in total. The monoisotopic (exact) mass is 451 g/mol. The zero-order valence-corrected chi connectivity index (χ0v) is 19.3. The zero-order valence-electron chi connectivity index (χ0n) is 18.5. The number of methoxy groups -OCH3 is 1. The van der Waals surface area contributed by atoms with Crippen molar-refractivity contribution in [2.24, 2.45) is 0 Å². The number of ether oxygens (including phenoxy) is 1. The van der Waals surface area contributed by atoms with Gasteiger partial charge in [0.2, 0.25) is 5.91 Å². The number of carbonyl (C=O) groups is 1. The lowest BCUT2D eigenvalue weighted by atomic mass is 10.2. The number of benzene rings is 2. The molecule has 168 valence electrons. The first-order valence-corrected chi connectivity index (χ1v) is 11.9. The lowest BCUT2D eigenvalue weighted by Gasteiger charge is -2.16. The molecule has 8 heteroatoms. The van der Waals surface area contributed by atoms with Crippen molar-refractivity contribution >= 4 is 17.7 Å². The van der Waals surface area contributed by atoms with Crippen LogP contribution in [0, 0.1) is 0 Å². The molecule has 2 aromatic carbocycles. The normalized spacial score (nSPS) is 16.2. The third-order valence-electron chi connectivity index (χ3n) is 5.60. The summed E-state index contributed by atoms with van der Waals surface area (Å²) in [4.78, 5) is 15.0. The predicted octanol–water partition coefficient (Wildman–Crippen LogP) is 3.46. The van der Waals surface area contributed by atoms with Crippen molar-refractivity contribution in [3.05, 3.63) is 60.2 Å². The molecule has 1 aliphatic heterocycles. The van der Waals surface area contributed by atoms with E-state index >= 15 is 0 Å². The summed E-state index contributed by atoms with van der Waals surface area (Å²) >= 11 is 1.43. The molecule has 1 aliphatic rings. The van der Waals surface area contributed by atoms with E-state index in [2.05, 4.69) is 51.6 Å². The molecule has 0 radical (unpaired) electrons. The first-order valence-electron chi connectivity index (χ1n) is 10.9. The number of hydrogen-bond acceptors (Lipinski definition) is 6. The number of amides is 1. The molecular weight excluding hydrogens is 422 g/mol. The van der Waals surface area contributed by atoms with E-state index in [4.69, 9.17) is 4.74 Å². The maximum Gasteiger partial charge on any atom is 0.230 e. The summed E-state index contributed by atoms with van der Waals surface area (Å²) in [6.45, 7) is 5.60. The number of nitrogens with one attached hydrogen (secondary N) is 1. The molecule has 32 heavy (non-hydrogen) atoms. The molecule has 1 aromatic heterocycles. The molecule has 1 saturated heterocycles. The molecule has 0 spiro atoms. The Bertz CT molecular complexity index is 1020. The Balaban J connectivity index is 1.29. The van der Waals surface area contributed by atoms with Crippen LogP contribution < -0.4 is 10.1 Å². The van der Waals surface area contributed by atoms with Gasteiger partial charge < -0.3 is 14.6 Å². The van der Waals surface area contributed by atoms with Crippen LogP contribution in [0.4, 0.5) is 0 Å². The molecule has 2 heterocycles. The van der Waals surface area contributed by atoms with Crippen LogP contribution in [-0.2, 0) is 17.9 Å². The number of aromatic nitrogens is 3. The van der Waals surface area contributed by atoms with E-state index in [0.29, 0.717) is 5.75 Å². The van der Waals surface area contributed by atoms with Crippen molar-refractivity contribution in [3.63, 3.8) is 0 Å². The van der Waals surface area contributed by atoms with Crippen molar-refractivity contribution in [2.75, 3.05) is 26.0 Å². The minimum Gasteiger partial charge on any atom is -0.497 e. The molecule has 1 fully saturated rings. The van der Waals surface area contributed by atoms with Gasteiger partial charge in [-0.3, -0.25) is 9.69 Å². The molecule has 1 amide bonds. The van der Waals surface area contributed by atoms with Gasteiger partial charge in [0.1, 0.15) is 5.75 Å². The fourth-order valence-electron chi connectivity index (χ4n) is 3.97. The van der Waals surface area contributed by atoms with Crippen LogP contribution in [0.15, 0.2) is 59.8 Å². The fraction of sp³-hybridized carbons (Fsp3) is 0.375. The second kappa shape index (κ2) is 10.7. The van der Waals surface area contributed by atoms with E-state index in [1.165, 1.54) is 17.3 Å². The lowest BCUT2D eigenvalue weighted by Crippen LogP contribution is -2.38. The summed E-state index contributed by atoms with van der Waals surface area (Å²) in [5, 5.41) is 12.6. The quantitative estimate of drug-likeness (QED) is 0.503. The Kier molecular flexibility index (Phi) is 7.44. The maximum atomic E-state index is 12.6. The van der Waals surface area contributed by atoms with E-state index in [1.807, 2.05) is 34.9 Å². The summed E-state index contributed by atoms with van der Waals surface area (Å²) in [5.41, 5.74) is 2.28. The van der Waals surface area contributed by atoms with Gasteiger partial charge in [-0.2, -0.15) is 0 Å². The smallest absolute Gasteiger partial charge is 0.230 e. The Labute approximate surface area is 193 Å². The number of likely N-dealkylation sites (tertiary alicyclic amines) is 1. The highest BCUT2D eigenvalue weighted by Gasteiger charge is 2.24. The van der Waals surface area contributed by atoms with Crippen LogP contribution in [0.3, 0.4) is 0 Å². The SMILES string of the molecule is CCn1c(SCC(=O)NC2CCN(Cc3ccccc3)C2)nnc1-c1ccc(OC)cc1. The molecule has 4 rings (SSSR count). The van der Waals surface area contributed by atoms with Crippen LogP contribution in [0.1, 0.15) is 18.9 Å². The van der Waals surface area contributed by atoms with Gasteiger partial charge in [-0.05, 0) is 43.2 Å². The van der Waals surface area contributed by atoms with Crippen LogP contribution in [0.2, 0.25) is 0 Å². The summed E-state index contributed by atoms with van der Waals surface area (Å²) in [6.07, 6.45) is 0.982. The number of hydrogen-bond donors (Lipinski definition) is 1. The van der Waals surface area contributed by atoms with Gasteiger partial charge in [0.25, 0.3) is 0 Å². The second-order valence-corrected chi connectivity index (χ2v) is 8.78. The Hall–Kier alpha value is -2.84. The summed E-state index contributed by atoms with van der Waals surface area (Å²) in [7, 11) is 1.65. The Morgan fingerprint density at radius 3 is 2.66 bits per heavy atom. The number of rotatable bonds is 9. The topological polar surface area (TPSA) is 72.3 Å². The standard InChI is InChI=1S/C24H29N5O2S/c1-3-29-23(19-9-11-21(31-2)12-10-19)26-27-24(29)32-17-22(30)25-20-13-14-28(16-20)15-18-7-5-4-6-8-18/h4-12,20H,3,13-17H2,1-2H3,(H,25,30). The first kappa shape index (κ1) is 22.4. The third kappa shape index (κ3) is 5.49. The highest BCUT2D eigenvalue weighted by molar-refractivity contribution is 7.99. The van der Waals surface area contributed by atoms with Gasteiger partial charge in [0.05, 0.1) is 12.9 Å². The fourth-order valence-corrected chi connectivity index (χ4v) is 4.78. The molecule has 0 saturated carbocycles. The number of nitrogens with zero attached hydrogens (tertiary/aromatic N) is 4. The lowest BCUT2D eigenvalue weighted by molar-refractivity contribution is -0.119. The van der Waals surface area contributed by atoms with E-state index in [1.54, 1.807) is 7.11 Å². The van der Waals surface area contributed by atoms with Crippen LogP contribution in [-0.4, -0.2) is 57.6 Å². The van der Waals surface area contributed by atoms with Gasteiger partial charge in [0, 0.05) is 37.8 Å². The summed E-state index contributed by atoms with van der Waals surface area (Å²) < 4.78 is 7.27. The van der Waals surface area contributed by atoms with E-state index in [0.717, 1.165) is 54.9 Å². The zero-order chi connectivity index (χ0) is 22.3. The molecule has 3 aromatic rings. The highest BCUT2D eigenvalue weighted by Crippen LogP contribution is 2.25. The summed E-state index contributed by atoms with van der Waals surface area (Å²) in [6, 6.07) is 18.4. The largest absolute Gasteiger partial charge is 0.497 e. The van der Waals surface area contributed by atoms with E-state index < -0.39 is 0 Å². The summed E-state index contributed by atoms with van der Waals surface area (Å²) in [5.74, 6) is 1.97. The molecule has 1 atom stereocenters. The van der Waals surface area contributed by atoms with Crippen molar-refractivity contribution in [3.8, 4) is 17.1 Å². The van der Waals surface area contributed by atoms with Crippen molar-refractivity contribution < 1.29 is 9.53 Å². The van der Waals surface area contributed by atoms with Gasteiger partial charge in [-0.15, -0.1) is 10.2 Å². The first-order chi connectivity index (χ1) is 15.7. The van der Waals surface area contributed by atoms with Crippen molar-refractivity contribution in [2.45, 2.75) is 37.6 Å². The number of carbonyl (C=O) groups excluding carboxylic acids is 1. The molecular formula is C24H29N5O2S. The van der Waals surface area contributed by atoms with Crippen molar-refractivity contribution in [1.82, 2.24) is 25.0 Å². The van der Waals surface area contributed by atoms with Gasteiger partial charge >= 0.3 is 0 Å². The van der Waals surface area contributed by atoms with E-state index in [9.17, 15) is 4.79 Å². The second-order valence-electron chi connectivity index (χ2n) is 7.84. The van der Waals surface area contributed by atoms with Crippen LogP contribution in [0.5, 0.6) is 5.75 Å². The third-order valence-corrected chi connectivity index (χ3v) is 6.57. The average molecular weight is 452 g/mol. The Morgan fingerprint density at radius 1 is 1.16 bits per heavy atom. The maximum absolute atomic E-state index is 12.6. The molecule has 0 aliphatic carbocycles. The number of thioether (sulfide) groups is 1. The Morgan fingerprint density at radius 2 is 1.94 bits per heavy atom. The van der Waals surface area contributed by atoms with Gasteiger partial charge in [-0.1, -0.05) is 42.1 Å². The minimum atomic E-state index is 0.0400. The van der Waals surface area contributed by atoms with Crippen LogP contribution in [0.25, 0.3) is 11.4 Å². The average Bonchev–Trinajstić information content (AvgIpc) is 3.44. The van der Waals surface area contributed by atoms with E-state index in [-0.39, 0.29) is 11.9 Å². The molecule has 0 bridgehead atoms. The van der Waals surface area contributed by atoms with Gasteiger partial charge in [0.15, 0.2) is 11.0 Å². The molecule has 1 unspecified atom stereocenters. The van der Waals surface area contributed by atoms with Gasteiger partial charge in [-0.25, -0.2) is 0 Å². The molecule has 7 nitrogen and oxygen atoms in total. The predicted molar refractivity (Wildman–Crippen MR) is 127 cm³/mol. The highest BCUT2D eigenvalue weighted by atomic mass is 32.2.